The monoisotopic (exact) mass is 474 g/mol. The first-order valence-electron chi connectivity index (χ1n) is 12.4. The summed E-state index contributed by atoms with van der Waals surface area (Å²) in [6, 6.07) is 20.6. The Hall–Kier alpha value is -3.60. The van der Waals surface area contributed by atoms with E-state index < -0.39 is 11.9 Å². The summed E-state index contributed by atoms with van der Waals surface area (Å²) in [5.41, 5.74) is 1.97. The highest BCUT2D eigenvalue weighted by Gasteiger charge is 2.12. The molecule has 0 amide bonds. The van der Waals surface area contributed by atoms with Gasteiger partial charge >= 0.3 is 11.9 Å². The fourth-order valence-corrected chi connectivity index (χ4v) is 3.54. The molecule has 0 unspecified atom stereocenters. The molecule has 0 N–H and O–H groups in total. The van der Waals surface area contributed by atoms with Crippen molar-refractivity contribution in [3.63, 3.8) is 0 Å². The van der Waals surface area contributed by atoms with Crippen LogP contribution in [0.3, 0.4) is 0 Å². The number of carbonyl (C=O) groups is 2. The van der Waals surface area contributed by atoms with Gasteiger partial charge in [-0.3, -0.25) is 0 Å². The van der Waals surface area contributed by atoms with Crippen molar-refractivity contribution < 1.29 is 23.8 Å². The van der Waals surface area contributed by atoms with Crippen molar-refractivity contribution in [3.05, 3.63) is 89.5 Å². The summed E-state index contributed by atoms with van der Waals surface area (Å²) in [6.07, 6.45) is 8.20. The highest BCUT2D eigenvalue weighted by atomic mass is 16.5. The van der Waals surface area contributed by atoms with Gasteiger partial charge in [0.25, 0.3) is 0 Å². The molecule has 0 saturated heterocycles. The second kappa shape index (κ2) is 14.0. The van der Waals surface area contributed by atoms with Crippen LogP contribution in [0.1, 0.15) is 78.7 Å². The van der Waals surface area contributed by atoms with Gasteiger partial charge < -0.3 is 14.2 Å². The first-order valence-corrected chi connectivity index (χ1v) is 12.4. The number of benzene rings is 3. The smallest absolute Gasteiger partial charge is 0.343 e. The van der Waals surface area contributed by atoms with Gasteiger partial charge in [-0.1, -0.05) is 58.1 Å². The third kappa shape index (κ3) is 8.60. The summed E-state index contributed by atoms with van der Waals surface area (Å²) in [7, 11) is 0. The van der Waals surface area contributed by atoms with Gasteiger partial charge in [-0.2, -0.15) is 0 Å². The maximum absolute atomic E-state index is 12.5. The lowest BCUT2D eigenvalue weighted by molar-refractivity contribution is 0.0730. The largest absolute Gasteiger partial charge is 0.494 e. The minimum Gasteiger partial charge on any atom is -0.494 e. The van der Waals surface area contributed by atoms with Crippen LogP contribution in [0.25, 0.3) is 0 Å². The fraction of sp³-hybridized carbons (Fsp3) is 0.333. The highest BCUT2D eigenvalue weighted by Crippen LogP contribution is 2.19. The molecule has 0 bridgehead atoms. The number of hydrogen-bond acceptors (Lipinski definition) is 5. The Morgan fingerprint density at radius 3 is 1.54 bits per heavy atom. The molecule has 0 aromatic heterocycles. The minimum absolute atomic E-state index is 0.349. The predicted molar refractivity (Wildman–Crippen MR) is 137 cm³/mol. The van der Waals surface area contributed by atoms with Crippen LogP contribution < -0.4 is 14.2 Å². The van der Waals surface area contributed by atoms with Gasteiger partial charge in [-0.05, 0) is 79.1 Å². The Morgan fingerprint density at radius 2 is 1.03 bits per heavy atom. The maximum Gasteiger partial charge on any atom is 0.343 e. The van der Waals surface area contributed by atoms with Crippen LogP contribution in [0.15, 0.2) is 72.8 Å². The maximum atomic E-state index is 12.5. The van der Waals surface area contributed by atoms with Gasteiger partial charge in [-0.25, -0.2) is 9.59 Å². The Labute approximate surface area is 208 Å². The van der Waals surface area contributed by atoms with Crippen LogP contribution in [-0.4, -0.2) is 18.5 Å². The molecule has 0 aliphatic heterocycles. The molecule has 0 atom stereocenters. The molecule has 0 aliphatic carbocycles. The number of unbranched alkanes of at least 4 members (excludes halogenated alkanes) is 5. The van der Waals surface area contributed by atoms with E-state index in [1.54, 1.807) is 60.7 Å². The standard InChI is InChI=1S/C30H34O5/c1-3-5-6-7-8-9-22-33-26-18-12-24(13-19-26)29(31)35-28-20-14-25(15-21-28)30(32)34-27-16-10-23(4-2)11-17-27/h10-21H,3-9,22H2,1-2H3. The van der Waals surface area contributed by atoms with E-state index in [-0.39, 0.29) is 0 Å². The lowest BCUT2D eigenvalue weighted by atomic mass is 10.1. The second-order valence-electron chi connectivity index (χ2n) is 8.44. The Bertz CT molecular complexity index is 1050. The quantitative estimate of drug-likeness (QED) is 0.146. The second-order valence-corrected chi connectivity index (χ2v) is 8.44. The molecule has 0 fully saturated rings. The molecule has 3 aromatic carbocycles. The van der Waals surface area contributed by atoms with Gasteiger partial charge in [0.1, 0.15) is 17.2 Å². The number of carbonyl (C=O) groups excluding carboxylic acids is 2. The van der Waals surface area contributed by atoms with Crippen LogP contribution in [0.4, 0.5) is 0 Å². The van der Waals surface area contributed by atoms with Gasteiger partial charge in [-0.15, -0.1) is 0 Å². The van der Waals surface area contributed by atoms with Crippen molar-refractivity contribution in [3.8, 4) is 17.2 Å². The number of esters is 2. The zero-order valence-corrected chi connectivity index (χ0v) is 20.6. The Kier molecular flexibility index (Phi) is 10.4. The van der Waals surface area contributed by atoms with Gasteiger partial charge in [0.15, 0.2) is 0 Å². The van der Waals surface area contributed by atoms with E-state index >= 15 is 0 Å². The van der Waals surface area contributed by atoms with Crippen molar-refractivity contribution in [1.82, 2.24) is 0 Å². The summed E-state index contributed by atoms with van der Waals surface area (Å²) >= 11 is 0. The van der Waals surface area contributed by atoms with Gasteiger partial charge in [0.2, 0.25) is 0 Å². The average molecular weight is 475 g/mol. The normalized spacial score (nSPS) is 10.6. The van der Waals surface area contributed by atoms with E-state index in [4.69, 9.17) is 14.2 Å². The first-order chi connectivity index (χ1) is 17.1. The Balaban J connectivity index is 1.44. The van der Waals surface area contributed by atoms with E-state index in [1.165, 1.54) is 37.7 Å². The van der Waals surface area contributed by atoms with Crippen LogP contribution >= 0.6 is 0 Å². The molecule has 184 valence electrons. The third-order valence-electron chi connectivity index (χ3n) is 5.70. The molecule has 5 nitrogen and oxygen atoms in total. The topological polar surface area (TPSA) is 61.8 Å². The molecule has 0 heterocycles. The highest BCUT2D eigenvalue weighted by molar-refractivity contribution is 5.92. The lowest BCUT2D eigenvalue weighted by Gasteiger charge is -2.08. The number of hydrogen-bond donors (Lipinski definition) is 0. The Morgan fingerprint density at radius 1 is 0.571 bits per heavy atom. The molecule has 0 aliphatic rings. The van der Waals surface area contributed by atoms with E-state index in [9.17, 15) is 9.59 Å². The molecule has 0 saturated carbocycles. The van der Waals surface area contributed by atoms with Crippen LogP contribution in [-0.2, 0) is 6.42 Å². The van der Waals surface area contributed by atoms with Crippen molar-refractivity contribution in [2.24, 2.45) is 0 Å². The number of aryl methyl sites for hydroxylation is 1. The molecule has 0 spiro atoms. The van der Waals surface area contributed by atoms with Crippen molar-refractivity contribution in [2.45, 2.75) is 58.8 Å². The van der Waals surface area contributed by atoms with E-state index in [1.807, 2.05) is 12.1 Å². The van der Waals surface area contributed by atoms with E-state index in [0.29, 0.717) is 29.2 Å². The van der Waals surface area contributed by atoms with Gasteiger partial charge in [0.05, 0.1) is 17.7 Å². The summed E-state index contributed by atoms with van der Waals surface area (Å²) in [4.78, 5) is 24.8. The summed E-state index contributed by atoms with van der Waals surface area (Å²) in [5, 5.41) is 0. The van der Waals surface area contributed by atoms with Crippen LogP contribution in [0, 0.1) is 0 Å². The zero-order chi connectivity index (χ0) is 24.9. The van der Waals surface area contributed by atoms with Crippen LogP contribution in [0.5, 0.6) is 17.2 Å². The molecule has 0 radical (unpaired) electrons. The SMILES string of the molecule is CCCCCCCCOc1ccc(C(=O)Oc2ccc(C(=O)Oc3ccc(CC)cc3)cc2)cc1. The van der Waals surface area contributed by atoms with Crippen molar-refractivity contribution in [1.29, 1.82) is 0 Å². The van der Waals surface area contributed by atoms with Crippen molar-refractivity contribution >= 4 is 11.9 Å². The predicted octanol–water partition coefficient (Wildman–Crippen LogP) is 7.43. The molecular weight excluding hydrogens is 440 g/mol. The van der Waals surface area contributed by atoms with E-state index in [0.717, 1.165) is 18.6 Å². The molecule has 35 heavy (non-hydrogen) atoms. The fourth-order valence-electron chi connectivity index (χ4n) is 3.54. The molecule has 3 aromatic rings. The van der Waals surface area contributed by atoms with Gasteiger partial charge in [0, 0.05) is 0 Å². The molecule has 5 heteroatoms. The van der Waals surface area contributed by atoms with Crippen LogP contribution in [0.2, 0.25) is 0 Å². The van der Waals surface area contributed by atoms with E-state index in [2.05, 4.69) is 13.8 Å². The third-order valence-corrected chi connectivity index (χ3v) is 5.70. The molecule has 3 rings (SSSR count). The summed E-state index contributed by atoms with van der Waals surface area (Å²) in [5.74, 6) is 0.633. The number of rotatable bonds is 13. The first kappa shape index (κ1) is 26.0. The lowest BCUT2D eigenvalue weighted by Crippen LogP contribution is -2.10. The summed E-state index contributed by atoms with van der Waals surface area (Å²) in [6.45, 7) is 4.96. The summed E-state index contributed by atoms with van der Waals surface area (Å²) < 4.78 is 16.6. The molecular formula is C30H34O5. The number of ether oxygens (including phenoxy) is 3. The van der Waals surface area contributed by atoms with Crippen molar-refractivity contribution in [2.75, 3.05) is 6.61 Å². The average Bonchev–Trinajstić information content (AvgIpc) is 2.89. The minimum atomic E-state index is -0.473. The zero-order valence-electron chi connectivity index (χ0n) is 20.6.